The summed E-state index contributed by atoms with van der Waals surface area (Å²) in [7, 11) is -1.06. The fourth-order valence-corrected chi connectivity index (χ4v) is 2.00. The molecule has 0 unspecified atom stereocenters. The average Bonchev–Trinajstić information content (AvgIpc) is 2.62. The molecule has 0 atom stereocenters. The first-order chi connectivity index (χ1) is 7.65. The molecule has 0 aliphatic carbocycles. The topological polar surface area (TPSA) is 55.8 Å². The van der Waals surface area contributed by atoms with Crippen LogP contribution in [0.2, 0.25) is 5.02 Å². The Hall–Kier alpha value is -1.04. The highest BCUT2D eigenvalue weighted by molar-refractivity contribution is 6.65. The minimum atomic E-state index is -1.06. The lowest BCUT2D eigenvalue weighted by molar-refractivity contribution is 0.0526. The molecule has 4 nitrogen and oxygen atoms in total. The summed E-state index contributed by atoms with van der Waals surface area (Å²) < 4.78 is 9.88. The van der Waals surface area contributed by atoms with Gasteiger partial charge in [-0.2, -0.15) is 0 Å². The van der Waals surface area contributed by atoms with Crippen LogP contribution in [0.1, 0.15) is 22.8 Å². The molecule has 6 heteroatoms. The molecule has 1 aromatic carbocycles. The van der Waals surface area contributed by atoms with E-state index in [4.69, 9.17) is 21.0 Å². The Morgan fingerprint density at radius 1 is 1.69 bits per heavy atom. The summed E-state index contributed by atoms with van der Waals surface area (Å²) in [6.07, 6.45) is 0. The molecule has 0 bridgehead atoms. The van der Waals surface area contributed by atoms with Gasteiger partial charge >= 0.3 is 13.1 Å². The van der Waals surface area contributed by atoms with Crippen molar-refractivity contribution in [2.24, 2.45) is 0 Å². The van der Waals surface area contributed by atoms with Crippen molar-refractivity contribution in [3.63, 3.8) is 0 Å². The zero-order valence-electron chi connectivity index (χ0n) is 8.70. The van der Waals surface area contributed by atoms with Crippen molar-refractivity contribution in [1.29, 1.82) is 0 Å². The van der Waals surface area contributed by atoms with E-state index in [1.54, 1.807) is 19.1 Å². The number of carbonyl (C=O) groups is 1. The van der Waals surface area contributed by atoms with Gasteiger partial charge in [-0.3, -0.25) is 0 Å². The standard InChI is InChI=1S/C10H10BClO4/c1-2-15-10(13)7-4-3-6-5-16-11(14)8(6)9(7)12/h3-4,14H,2,5H2,1H3. The summed E-state index contributed by atoms with van der Waals surface area (Å²) in [6.45, 7) is 2.31. The van der Waals surface area contributed by atoms with Crippen LogP contribution in [0.3, 0.4) is 0 Å². The molecule has 1 aromatic rings. The molecule has 1 N–H and O–H groups in total. The number of fused-ring (bicyclic) bond motifs is 1. The predicted octanol–water partition coefficient (Wildman–Crippen LogP) is 0.734. The van der Waals surface area contributed by atoms with E-state index in [-0.39, 0.29) is 17.2 Å². The Morgan fingerprint density at radius 3 is 3.12 bits per heavy atom. The summed E-state index contributed by atoms with van der Waals surface area (Å²) in [5.41, 5.74) is 1.52. The highest BCUT2D eigenvalue weighted by atomic mass is 35.5. The Labute approximate surface area is 98.3 Å². The number of benzene rings is 1. The van der Waals surface area contributed by atoms with E-state index in [0.717, 1.165) is 5.56 Å². The molecule has 0 saturated carbocycles. The largest absolute Gasteiger partial charge is 0.493 e. The summed E-state index contributed by atoms with van der Waals surface area (Å²) >= 11 is 6.04. The predicted molar refractivity (Wildman–Crippen MR) is 59.8 cm³/mol. The molecule has 1 aliphatic rings. The van der Waals surface area contributed by atoms with Crippen molar-refractivity contribution in [3.8, 4) is 0 Å². The van der Waals surface area contributed by atoms with Crippen molar-refractivity contribution in [1.82, 2.24) is 0 Å². The van der Waals surface area contributed by atoms with Crippen LogP contribution in [0.4, 0.5) is 0 Å². The summed E-state index contributed by atoms with van der Waals surface area (Å²) in [5, 5.41) is 9.75. The van der Waals surface area contributed by atoms with Gasteiger partial charge in [0.25, 0.3) is 0 Å². The molecule has 0 aromatic heterocycles. The van der Waals surface area contributed by atoms with Gasteiger partial charge in [-0.15, -0.1) is 0 Å². The van der Waals surface area contributed by atoms with Gasteiger partial charge in [0.1, 0.15) is 0 Å². The monoisotopic (exact) mass is 240 g/mol. The zero-order chi connectivity index (χ0) is 11.7. The maximum Gasteiger partial charge on any atom is 0.493 e. The third-order valence-electron chi connectivity index (χ3n) is 2.41. The van der Waals surface area contributed by atoms with Crippen LogP contribution in [-0.2, 0) is 16.0 Å². The van der Waals surface area contributed by atoms with Crippen molar-refractivity contribution in [3.05, 3.63) is 28.3 Å². The molecule has 1 heterocycles. The second kappa shape index (κ2) is 4.45. The van der Waals surface area contributed by atoms with Crippen LogP contribution >= 0.6 is 11.6 Å². The van der Waals surface area contributed by atoms with Crippen LogP contribution in [-0.4, -0.2) is 24.7 Å². The molecule has 0 fully saturated rings. The minimum Gasteiger partial charge on any atom is -0.462 e. The summed E-state index contributed by atoms with van der Waals surface area (Å²) in [5.74, 6) is -0.491. The van der Waals surface area contributed by atoms with Crippen LogP contribution in [0, 0.1) is 0 Å². The quantitative estimate of drug-likeness (QED) is 0.612. The van der Waals surface area contributed by atoms with Gasteiger partial charge in [0.05, 0.1) is 23.8 Å². The maximum atomic E-state index is 11.5. The normalized spacial score (nSPS) is 13.8. The summed E-state index contributed by atoms with van der Waals surface area (Å²) in [4.78, 5) is 11.5. The molecule has 0 saturated heterocycles. The van der Waals surface area contributed by atoms with Crippen LogP contribution in [0.25, 0.3) is 0 Å². The van der Waals surface area contributed by atoms with E-state index < -0.39 is 13.1 Å². The van der Waals surface area contributed by atoms with Crippen molar-refractivity contribution < 1.29 is 19.2 Å². The Bertz CT molecular complexity index is 435. The fourth-order valence-electron chi connectivity index (χ4n) is 1.64. The molecule has 84 valence electrons. The van der Waals surface area contributed by atoms with Crippen LogP contribution < -0.4 is 5.46 Å². The van der Waals surface area contributed by atoms with Gasteiger partial charge in [0.15, 0.2) is 0 Å². The van der Waals surface area contributed by atoms with Crippen molar-refractivity contribution in [2.75, 3.05) is 6.61 Å². The first kappa shape index (κ1) is 11.5. The molecule has 2 rings (SSSR count). The van der Waals surface area contributed by atoms with E-state index in [9.17, 15) is 9.82 Å². The highest BCUT2D eigenvalue weighted by Gasteiger charge is 2.32. The molecule has 0 amide bonds. The fraction of sp³-hybridized carbons (Fsp3) is 0.300. The Morgan fingerprint density at radius 2 is 2.44 bits per heavy atom. The second-order valence-electron chi connectivity index (χ2n) is 3.38. The van der Waals surface area contributed by atoms with Crippen molar-refractivity contribution in [2.45, 2.75) is 13.5 Å². The van der Waals surface area contributed by atoms with Gasteiger partial charge in [0.2, 0.25) is 0 Å². The number of carbonyl (C=O) groups excluding carboxylic acids is 1. The van der Waals surface area contributed by atoms with Crippen molar-refractivity contribution >= 4 is 30.2 Å². The lowest BCUT2D eigenvalue weighted by Crippen LogP contribution is -2.30. The van der Waals surface area contributed by atoms with E-state index in [2.05, 4.69) is 0 Å². The molecule has 0 radical (unpaired) electrons. The first-order valence-corrected chi connectivity index (χ1v) is 5.31. The Balaban J connectivity index is 2.43. The number of halogens is 1. The molecule has 16 heavy (non-hydrogen) atoms. The third kappa shape index (κ3) is 1.82. The smallest absolute Gasteiger partial charge is 0.462 e. The maximum absolute atomic E-state index is 11.5. The number of ether oxygens (including phenoxy) is 1. The molecule has 0 spiro atoms. The number of hydrogen-bond acceptors (Lipinski definition) is 4. The third-order valence-corrected chi connectivity index (χ3v) is 2.82. The minimum absolute atomic E-state index is 0.209. The van der Waals surface area contributed by atoms with Gasteiger partial charge in [-0.1, -0.05) is 17.7 Å². The number of rotatable bonds is 2. The van der Waals surface area contributed by atoms with Gasteiger partial charge in [-0.25, -0.2) is 4.79 Å². The zero-order valence-corrected chi connectivity index (χ0v) is 9.45. The highest BCUT2D eigenvalue weighted by Crippen LogP contribution is 2.21. The summed E-state index contributed by atoms with van der Waals surface area (Å²) in [6, 6.07) is 3.30. The lowest BCUT2D eigenvalue weighted by atomic mass is 9.78. The molecule has 1 aliphatic heterocycles. The first-order valence-electron chi connectivity index (χ1n) is 4.93. The van der Waals surface area contributed by atoms with Gasteiger partial charge in [-0.05, 0) is 18.6 Å². The van der Waals surface area contributed by atoms with Crippen LogP contribution in [0.15, 0.2) is 12.1 Å². The van der Waals surface area contributed by atoms with E-state index >= 15 is 0 Å². The number of hydrogen-bond donors (Lipinski definition) is 1. The van der Waals surface area contributed by atoms with E-state index in [0.29, 0.717) is 12.1 Å². The SMILES string of the molecule is CCOC(=O)c1ccc2c(c1Cl)B(O)OC2. The second-order valence-corrected chi connectivity index (χ2v) is 3.76. The number of esters is 1. The Kier molecular flexibility index (Phi) is 3.19. The van der Waals surface area contributed by atoms with E-state index in [1.807, 2.05) is 0 Å². The average molecular weight is 240 g/mol. The molecular weight excluding hydrogens is 230 g/mol. The van der Waals surface area contributed by atoms with Crippen LogP contribution in [0.5, 0.6) is 0 Å². The van der Waals surface area contributed by atoms with Gasteiger partial charge in [0, 0.05) is 5.46 Å². The lowest BCUT2D eigenvalue weighted by Gasteiger charge is -2.07. The van der Waals surface area contributed by atoms with E-state index in [1.165, 1.54) is 0 Å². The van der Waals surface area contributed by atoms with Gasteiger partial charge < -0.3 is 14.4 Å². The molecular formula is C10H10BClO4.